The average molecular weight is 287 g/mol. The molecule has 20 heavy (non-hydrogen) atoms. The summed E-state index contributed by atoms with van der Waals surface area (Å²) in [5, 5.41) is 0. The molecule has 1 heteroatoms. The van der Waals surface area contributed by atoms with Gasteiger partial charge in [-0.1, -0.05) is 80.1 Å². The summed E-state index contributed by atoms with van der Waals surface area (Å²) in [6, 6.07) is 0. The highest BCUT2D eigenvalue weighted by atomic mass is 19.1. The smallest absolute Gasteiger partial charge is 0.103 e. The van der Waals surface area contributed by atoms with Crippen LogP contribution in [-0.4, -0.2) is 6.17 Å². The van der Waals surface area contributed by atoms with Crippen LogP contribution < -0.4 is 0 Å². The molecule has 2 atom stereocenters. The van der Waals surface area contributed by atoms with Crippen LogP contribution in [0.1, 0.15) is 92.9 Å². The maximum atomic E-state index is 13.1. The predicted octanol–water partition coefficient (Wildman–Crippen LogP) is 7.03. The van der Waals surface area contributed by atoms with Crippen molar-refractivity contribution in [2.45, 2.75) is 99.1 Å². The lowest BCUT2D eigenvalue weighted by Crippen LogP contribution is -2.24. The molecule has 2 saturated carbocycles. The van der Waals surface area contributed by atoms with Crippen LogP contribution in [0.5, 0.6) is 0 Å². The molecule has 2 aliphatic rings. The highest BCUT2D eigenvalue weighted by Gasteiger charge is 2.26. The molecular weight excluding hydrogens is 247 g/mol. The Labute approximate surface area is 127 Å². The fourth-order valence-corrected chi connectivity index (χ4v) is 3.67. The van der Waals surface area contributed by atoms with Crippen LogP contribution in [0.15, 0.2) is 0 Å². The van der Waals surface area contributed by atoms with Crippen molar-refractivity contribution in [1.29, 1.82) is 0 Å². The molecule has 0 aromatic heterocycles. The maximum Gasteiger partial charge on any atom is 0.103 e. The standard InChI is InChI=1S/C9H17F.C9H18.CH4/c1-7(2)8-5-3-4-6-9(8)10;1-8(2)9-6-4-3-5-7-9;/h7-9H,3-6H2,1-2H3;8-9H,3-7H2,1-2H3;1H4. The molecule has 0 N–H and O–H groups in total. The Hall–Kier alpha value is -0.0700. The van der Waals surface area contributed by atoms with Crippen LogP contribution in [0.2, 0.25) is 0 Å². The van der Waals surface area contributed by atoms with E-state index in [1.807, 2.05) is 0 Å². The Morgan fingerprint density at radius 1 is 0.700 bits per heavy atom. The SMILES string of the molecule is C.CC(C)C1CCCCC1.CC(C)C1CCCCC1F. The van der Waals surface area contributed by atoms with Crippen molar-refractivity contribution in [2.75, 3.05) is 0 Å². The van der Waals surface area contributed by atoms with Crippen molar-refractivity contribution in [3.8, 4) is 0 Å². The first-order valence-electron chi connectivity index (χ1n) is 8.66. The van der Waals surface area contributed by atoms with Gasteiger partial charge in [-0.2, -0.15) is 0 Å². The van der Waals surface area contributed by atoms with E-state index in [9.17, 15) is 4.39 Å². The van der Waals surface area contributed by atoms with E-state index in [1.165, 1.54) is 38.5 Å². The lowest BCUT2D eigenvalue weighted by atomic mass is 9.80. The fraction of sp³-hybridized carbons (Fsp3) is 1.00. The monoisotopic (exact) mass is 286 g/mol. The molecule has 0 aromatic carbocycles. The minimum Gasteiger partial charge on any atom is -0.247 e. The minimum atomic E-state index is -0.506. The van der Waals surface area contributed by atoms with Crippen molar-refractivity contribution in [3.63, 3.8) is 0 Å². The summed E-state index contributed by atoms with van der Waals surface area (Å²) in [6.45, 7) is 8.97. The molecule has 0 aromatic rings. The Morgan fingerprint density at radius 2 is 1.20 bits per heavy atom. The summed E-state index contributed by atoms with van der Waals surface area (Å²) in [5.74, 6) is 2.88. The first kappa shape index (κ1) is 19.9. The summed E-state index contributed by atoms with van der Waals surface area (Å²) < 4.78 is 13.1. The van der Waals surface area contributed by atoms with E-state index < -0.39 is 6.17 Å². The van der Waals surface area contributed by atoms with Crippen LogP contribution in [0, 0.1) is 23.7 Å². The van der Waals surface area contributed by atoms with Gasteiger partial charge in [0.25, 0.3) is 0 Å². The van der Waals surface area contributed by atoms with E-state index in [0.29, 0.717) is 11.8 Å². The highest BCUT2D eigenvalue weighted by Crippen LogP contribution is 2.32. The molecule has 0 radical (unpaired) electrons. The molecule has 0 aliphatic heterocycles. The van der Waals surface area contributed by atoms with E-state index in [2.05, 4.69) is 27.7 Å². The molecule has 0 saturated heterocycles. The Kier molecular flexibility index (Phi) is 10.6. The Morgan fingerprint density at radius 3 is 1.55 bits per heavy atom. The number of rotatable bonds is 2. The summed E-state index contributed by atoms with van der Waals surface area (Å²) in [6.07, 6.45) is 11.2. The van der Waals surface area contributed by atoms with Gasteiger partial charge in [-0.05, 0) is 36.5 Å². The van der Waals surface area contributed by atoms with Gasteiger partial charge in [0.1, 0.15) is 6.17 Å². The zero-order chi connectivity index (χ0) is 14.3. The molecular formula is C19H39F. The van der Waals surface area contributed by atoms with Crippen molar-refractivity contribution >= 4 is 0 Å². The van der Waals surface area contributed by atoms with Gasteiger partial charge in [0.2, 0.25) is 0 Å². The first-order chi connectivity index (χ1) is 9.02. The molecule has 2 unspecified atom stereocenters. The van der Waals surface area contributed by atoms with Crippen molar-refractivity contribution < 1.29 is 4.39 Å². The molecule has 2 fully saturated rings. The molecule has 0 heterocycles. The van der Waals surface area contributed by atoms with Gasteiger partial charge in [-0.15, -0.1) is 0 Å². The predicted molar refractivity (Wildman–Crippen MR) is 89.8 cm³/mol. The van der Waals surface area contributed by atoms with Gasteiger partial charge in [0.15, 0.2) is 0 Å². The second-order valence-corrected chi connectivity index (χ2v) is 7.35. The molecule has 0 nitrogen and oxygen atoms in total. The zero-order valence-corrected chi connectivity index (χ0v) is 13.6. The van der Waals surface area contributed by atoms with E-state index in [4.69, 9.17) is 0 Å². The van der Waals surface area contributed by atoms with Gasteiger partial charge in [-0.3, -0.25) is 0 Å². The molecule has 0 bridgehead atoms. The fourth-order valence-electron chi connectivity index (χ4n) is 3.67. The molecule has 122 valence electrons. The quantitative estimate of drug-likeness (QED) is 0.511. The summed E-state index contributed by atoms with van der Waals surface area (Å²) in [4.78, 5) is 0. The number of hydrogen-bond acceptors (Lipinski definition) is 0. The number of halogens is 1. The highest BCUT2D eigenvalue weighted by molar-refractivity contribution is 4.76. The van der Waals surface area contributed by atoms with E-state index in [1.54, 1.807) is 0 Å². The zero-order valence-electron chi connectivity index (χ0n) is 13.6. The summed E-state index contributed by atoms with van der Waals surface area (Å²) >= 11 is 0. The molecule has 2 aliphatic carbocycles. The van der Waals surface area contributed by atoms with Crippen molar-refractivity contribution in [1.82, 2.24) is 0 Å². The summed E-state index contributed by atoms with van der Waals surface area (Å²) in [7, 11) is 0. The lowest BCUT2D eigenvalue weighted by Gasteiger charge is -2.28. The normalized spacial score (nSPS) is 27.8. The average Bonchev–Trinajstić information content (AvgIpc) is 2.40. The van der Waals surface area contributed by atoms with Gasteiger partial charge >= 0.3 is 0 Å². The minimum absolute atomic E-state index is 0. The van der Waals surface area contributed by atoms with Crippen LogP contribution in [0.3, 0.4) is 0 Å². The van der Waals surface area contributed by atoms with Gasteiger partial charge in [0, 0.05) is 0 Å². The summed E-state index contributed by atoms with van der Waals surface area (Å²) in [5.41, 5.74) is 0. The van der Waals surface area contributed by atoms with E-state index in [0.717, 1.165) is 31.1 Å². The van der Waals surface area contributed by atoms with Crippen molar-refractivity contribution in [2.24, 2.45) is 23.7 Å². The van der Waals surface area contributed by atoms with Crippen LogP contribution >= 0.6 is 0 Å². The Balaban J connectivity index is 0.000000345. The topological polar surface area (TPSA) is 0 Å². The van der Waals surface area contributed by atoms with Crippen LogP contribution in [0.25, 0.3) is 0 Å². The van der Waals surface area contributed by atoms with Crippen molar-refractivity contribution in [3.05, 3.63) is 0 Å². The third-order valence-electron chi connectivity index (χ3n) is 5.18. The van der Waals surface area contributed by atoms with Gasteiger partial charge in [-0.25, -0.2) is 4.39 Å². The molecule has 2 rings (SSSR count). The van der Waals surface area contributed by atoms with E-state index >= 15 is 0 Å². The third kappa shape index (κ3) is 7.09. The Bertz CT molecular complexity index is 216. The first-order valence-corrected chi connectivity index (χ1v) is 8.66. The molecule has 0 spiro atoms. The lowest BCUT2D eigenvalue weighted by molar-refractivity contribution is 0.127. The number of hydrogen-bond donors (Lipinski definition) is 0. The maximum absolute atomic E-state index is 13.1. The van der Waals surface area contributed by atoms with E-state index in [-0.39, 0.29) is 7.43 Å². The van der Waals surface area contributed by atoms with Gasteiger partial charge < -0.3 is 0 Å². The number of alkyl halides is 1. The molecule has 0 amide bonds. The second-order valence-electron chi connectivity index (χ2n) is 7.35. The largest absolute Gasteiger partial charge is 0.247 e. The van der Waals surface area contributed by atoms with Crippen LogP contribution in [-0.2, 0) is 0 Å². The second kappa shape index (κ2) is 10.6. The van der Waals surface area contributed by atoms with Gasteiger partial charge in [0.05, 0.1) is 0 Å². The third-order valence-corrected chi connectivity index (χ3v) is 5.18. The van der Waals surface area contributed by atoms with Crippen LogP contribution in [0.4, 0.5) is 4.39 Å².